The molecule has 0 saturated carbocycles. The van der Waals surface area contributed by atoms with E-state index in [0.717, 1.165) is 28.2 Å². The molecule has 0 radical (unpaired) electrons. The van der Waals surface area contributed by atoms with Gasteiger partial charge in [-0.2, -0.15) is 0 Å². The summed E-state index contributed by atoms with van der Waals surface area (Å²) in [5, 5.41) is 2.92. The van der Waals surface area contributed by atoms with E-state index in [0.29, 0.717) is 30.8 Å². The number of aryl methyl sites for hydroxylation is 1. The van der Waals surface area contributed by atoms with Gasteiger partial charge in [-0.3, -0.25) is 9.59 Å². The van der Waals surface area contributed by atoms with Crippen LogP contribution in [0.15, 0.2) is 85.2 Å². The molecule has 0 aliphatic carbocycles. The van der Waals surface area contributed by atoms with E-state index in [9.17, 15) is 9.59 Å². The molecule has 0 saturated heterocycles. The molecule has 1 aliphatic heterocycles. The lowest BCUT2D eigenvalue weighted by Gasteiger charge is -2.22. The minimum atomic E-state index is -0.100. The molecule has 1 aliphatic rings. The van der Waals surface area contributed by atoms with Gasteiger partial charge in [0.05, 0.1) is 19.5 Å². The lowest BCUT2D eigenvalue weighted by Crippen LogP contribution is -2.30. The Morgan fingerprint density at radius 1 is 0.939 bits per heavy atom. The molecular weight excluding hydrogens is 412 g/mol. The van der Waals surface area contributed by atoms with E-state index in [4.69, 9.17) is 0 Å². The highest BCUT2D eigenvalue weighted by atomic mass is 16.2. The Morgan fingerprint density at radius 2 is 1.70 bits per heavy atom. The monoisotopic (exact) mass is 436 g/mol. The summed E-state index contributed by atoms with van der Waals surface area (Å²) in [4.78, 5) is 32.1. The fraction of sp³-hybridized carbons (Fsp3) is 0.148. The minimum absolute atomic E-state index is 0.0864. The van der Waals surface area contributed by atoms with Crippen LogP contribution in [-0.4, -0.2) is 21.4 Å². The summed E-state index contributed by atoms with van der Waals surface area (Å²) in [5.74, 6) is 0.660. The molecule has 164 valence electrons. The molecule has 5 rings (SSSR count). The zero-order valence-electron chi connectivity index (χ0n) is 18.4. The number of nitrogens with one attached hydrogen (secondary N) is 1. The van der Waals surface area contributed by atoms with Crippen molar-refractivity contribution in [3.8, 4) is 0 Å². The number of fused-ring (bicyclic) bond motifs is 2. The average molecular weight is 437 g/mol. The highest BCUT2D eigenvalue weighted by Gasteiger charge is 2.25. The number of hydrogen-bond donors (Lipinski definition) is 1. The van der Waals surface area contributed by atoms with E-state index >= 15 is 0 Å². The quantitative estimate of drug-likeness (QED) is 0.509. The number of carbonyl (C=O) groups excluding carboxylic acids is 2. The number of benzene rings is 3. The number of anilines is 2. The Bertz CT molecular complexity index is 1320. The number of rotatable bonds is 4. The molecule has 1 aromatic heterocycles. The molecule has 3 aromatic carbocycles. The van der Waals surface area contributed by atoms with Gasteiger partial charge in [0, 0.05) is 29.3 Å². The van der Waals surface area contributed by atoms with Crippen molar-refractivity contribution in [1.29, 1.82) is 0 Å². The number of para-hydroxylation sites is 1. The molecule has 2 heterocycles. The average Bonchev–Trinajstić information content (AvgIpc) is 3.19. The molecule has 0 spiro atoms. The van der Waals surface area contributed by atoms with Gasteiger partial charge in [0.15, 0.2) is 0 Å². The van der Waals surface area contributed by atoms with Crippen molar-refractivity contribution in [3.63, 3.8) is 0 Å². The second-order valence-corrected chi connectivity index (χ2v) is 8.22. The van der Waals surface area contributed by atoms with Gasteiger partial charge in [-0.25, -0.2) is 4.98 Å². The maximum absolute atomic E-state index is 13.5. The van der Waals surface area contributed by atoms with E-state index < -0.39 is 0 Å². The number of hydrogen-bond acceptors (Lipinski definition) is 3. The van der Waals surface area contributed by atoms with Gasteiger partial charge in [0.1, 0.15) is 5.82 Å². The van der Waals surface area contributed by atoms with Crippen molar-refractivity contribution >= 4 is 23.2 Å². The number of nitrogens with zero attached hydrogens (tertiary/aromatic N) is 3. The zero-order chi connectivity index (χ0) is 22.8. The lowest BCUT2D eigenvalue weighted by molar-refractivity contribution is -0.115. The van der Waals surface area contributed by atoms with E-state index in [-0.39, 0.29) is 11.8 Å². The Kier molecular flexibility index (Phi) is 5.48. The Hall–Kier alpha value is -4.19. The summed E-state index contributed by atoms with van der Waals surface area (Å²) in [6, 6.07) is 22.8. The lowest BCUT2D eigenvalue weighted by atomic mass is 10.1. The Morgan fingerprint density at radius 3 is 2.52 bits per heavy atom. The van der Waals surface area contributed by atoms with Crippen molar-refractivity contribution in [1.82, 2.24) is 9.55 Å². The number of imidazole rings is 1. The first-order valence-corrected chi connectivity index (χ1v) is 10.9. The summed E-state index contributed by atoms with van der Waals surface area (Å²) in [5.41, 5.74) is 5.27. The second kappa shape index (κ2) is 8.74. The SMILES string of the molecule is Cc1ccccc1CC(=O)Nc1ccc(C(=O)N2Cc3nccn3Cc3ccccc32)cc1. The van der Waals surface area contributed by atoms with Gasteiger partial charge in [0.2, 0.25) is 5.91 Å². The third-order valence-electron chi connectivity index (χ3n) is 6.00. The fourth-order valence-electron chi connectivity index (χ4n) is 4.17. The van der Waals surface area contributed by atoms with Crippen molar-refractivity contribution < 1.29 is 9.59 Å². The van der Waals surface area contributed by atoms with Crippen LogP contribution in [0.4, 0.5) is 11.4 Å². The third-order valence-corrected chi connectivity index (χ3v) is 6.00. The van der Waals surface area contributed by atoms with Crippen LogP contribution in [0, 0.1) is 6.92 Å². The van der Waals surface area contributed by atoms with Crippen molar-refractivity contribution in [2.75, 3.05) is 10.2 Å². The first-order chi connectivity index (χ1) is 16.1. The normalized spacial score (nSPS) is 12.5. The van der Waals surface area contributed by atoms with Gasteiger partial charge in [0.25, 0.3) is 5.91 Å². The Labute approximate surface area is 192 Å². The predicted octanol–water partition coefficient (Wildman–Crippen LogP) is 4.58. The summed E-state index contributed by atoms with van der Waals surface area (Å²) < 4.78 is 2.07. The maximum atomic E-state index is 13.5. The van der Waals surface area contributed by atoms with Crippen LogP contribution in [0.2, 0.25) is 0 Å². The van der Waals surface area contributed by atoms with Crippen molar-refractivity contribution in [2.45, 2.75) is 26.4 Å². The largest absolute Gasteiger partial charge is 0.329 e. The number of carbonyl (C=O) groups is 2. The standard InChI is InChI=1S/C27H24N4O2/c1-19-6-2-3-7-21(19)16-26(32)29-23-12-10-20(11-13-23)27(33)31-18-25-28-14-15-30(25)17-22-8-4-5-9-24(22)31/h2-15H,16-18H2,1H3,(H,29,32). The molecule has 6 heteroatoms. The van der Waals surface area contributed by atoms with Crippen LogP contribution < -0.4 is 10.2 Å². The molecular formula is C27H24N4O2. The smallest absolute Gasteiger partial charge is 0.258 e. The highest BCUT2D eigenvalue weighted by Crippen LogP contribution is 2.28. The minimum Gasteiger partial charge on any atom is -0.329 e. The molecule has 4 aromatic rings. The number of aromatic nitrogens is 2. The maximum Gasteiger partial charge on any atom is 0.258 e. The summed E-state index contributed by atoms with van der Waals surface area (Å²) in [6.07, 6.45) is 4.01. The second-order valence-electron chi connectivity index (χ2n) is 8.22. The van der Waals surface area contributed by atoms with Gasteiger partial charge in [-0.15, -0.1) is 0 Å². The van der Waals surface area contributed by atoms with E-state index in [1.807, 2.05) is 61.7 Å². The van der Waals surface area contributed by atoms with Crippen LogP contribution in [0.25, 0.3) is 0 Å². The van der Waals surface area contributed by atoms with E-state index in [1.54, 1.807) is 35.4 Å². The third kappa shape index (κ3) is 4.28. The van der Waals surface area contributed by atoms with Crippen LogP contribution in [-0.2, 0) is 24.3 Å². The van der Waals surface area contributed by atoms with Gasteiger partial charge >= 0.3 is 0 Å². The molecule has 0 bridgehead atoms. The molecule has 0 unspecified atom stereocenters. The van der Waals surface area contributed by atoms with Crippen LogP contribution in [0.3, 0.4) is 0 Å². The fourth-order valence-corrected chi connectivity index (χ4v) is 4.17. The highest BCUT2D eigenvalue weighted by molar-refractivity contribution is 6.06. The molecule has 0 atom stereocenters. The van der Waals surface area contributed by atoms with Gasteiger partial charge < -0.3 is 14.8 Å². The molecule has 6 nitrogen and oxygen atoms in total. The zero-order valence-corrected chi connectivity index (χ0v) is 18.4. The molecule has 1 N–H and O–H groups in total. The summed E-state index contributed by atoms with van der Waals surface area (Å²) in [7, 11) is 0. The summed E-state index contributed by atoms with van der Waals surface area (Å²) in [6.45, 7) is 3.08. The van der Waals surface area contributed by atoms with Crippen LogP contribution in [0.1, 0.15) is 32.9 Å². The topological polar surface area (TPSA) is 67.2 Å². The van der Waals surface area contributed by atoms with Crippen LogP contribution >= 0.6 is 0 Å². The summed E-state index contributed by atoms with van der Waals surface area (Å²) >= 11 is 0. The van der Waals surface area contributed by atoms with E-state index in [2.05, 4.69) is 14.9 Å². The molecule has 33 heavy (non-hydrogen) atoms. The first kappa shape index (κ1) is 20.7. The van der Waals surface area contributed by atoms with Crippen molar-refractivity contribution in [3.05, 3.63) is 113 Å². The first-order valence-electron chi connectivity index (χ1n) is 10.9. The van der Waals surface area contributed by atoms with Crippen molar-refractivity contribution in [2.24, 2.45) is 0 Å². The molecule has 2 amide bonds. The van der Waals surface area contributed by atoms with Gasteiger partial charge in [-0.05, 0) is 53.9 Å². The van der Waals surface area contributed by atoms with Gasteiger partial charge in [-0.1, -0.05) is 42.5 Å². The van der Waals surface area contributed by atoms with E-state index in [1.165, 1.54) is 0 Å². The van der Waals surface area contributed by atoms with Crippen LogP contribution in [0.5, 0.6) is 0 Å². The Balaban J connectivity index is 1.33. The predicted molar refractivity (Wildman–Crippen MR) is 128 cm³/mol. The molecule has 0 fully saturated rings. The number of amides is 2.